The molecule has 0 aliphatic heterocycles. The first kappa shape index (κ1) is 15.8. The van der Waals surface area contributed by atoms with Crippen molar-refractivity contribution < 1.29 is 14.3 Å². The molecule has 1 aromatic heterocycles. The van der Waals surface area contributed by atoms with Crippen LogP contribution in [0.15, 0.2) is 40.0 Å². The van der Waals surface area contributed by atoms with Crippen LogP contribution in [0.5, 0.6) is 11.8 Å². The number of halogens is 1. The van der Waals surface area contributed by atoms with Gasteiger partial charge in [-0.2, -0.15) is 9.97 Å². The molecule has 0 aliphatic rings. The summed E-state index contributed by atoms with van der Waals surface area (Å²) >= 11 is 4.68. The number of rotatable bonds is 6. The number of carbonyl (C=O) groups excluding carboxylic acids is 1. The number of methoxy groups -OCH3 is 2. The molecule has 1 atom stereocenters. The highest BCUT2D eigenvalue weighted by molar-refractivity contribution is 9.10. The van der Waals surface area contributed by atoms with Crippen LogP contribution in [0.4, 0.5) is 0 Å². The van der Waals surface area contributed by atoms with Gasteiger partial charge in [-0.25, -0.2) is 0 Å². The van der Waals surface area contributed by atoms with Crippen LogP contribution in [0.1, 0.15) is 10.8 Å². The highest BCUT2D eigenvalue weighted by atomic mass is 79.9. The Bertz CT molecular complexity index is 617. The average Bonchev–Trinajstić information content (AvgIpc) is 2.53. The van der Waals surface area contributed by atoms with E-state index in [9.17, 15) is 4.79 Å². The minimum Gasteiger partial charge on any atom is -0.481 e. The maximum Gasteiger partial charge on any atom is 0.220 e. The molecule has 1 aromatic carbocycles. The first-order valence-corrected chi connectivity index (χ1v) is 7.68. The molecule has 0 fully saturated rings. The minimum atomic E-state index is -0.419. The maximum atomic E-state index is 11.4. The number of aldehydes is 1. The van der Waals surface area contributed by atoms with Gasteiger partial charge in [0.05, 0.1) is 25.5 Å². The van der Waals surface area contributed by atoms with Gasteiger partial charge >= 0.3 is 0 Å². The first-order chi connectivity index (χ1) is 10.2. The maximum absolute atomic E-state index is 11.4. The molecule has 0 radical (unpaired) electrons. The molecule has 0 amide bonds. The Kier molecular flexibility index (Phi) is 5.58. The Morgan fingerprint density at radius 1 is 1.19 bits per heavy atom. The van der Waals surface area contributed by atoms with Crippen LogP contribution in [0.25, 0.3) is 0 Å². The second kappa shape index (κ2) is 7.42. The van der Waals surface area contributed by atoms with Crippen LogP contribution in [0, 0.1) is 0 Å². The standard InChI is InChI=1S/C14H13BrN2O3S/c1-19-12-7-13(20-2)17-14(16-12)21-11(8-18)9-5-3-4-6-10(9)15/h3-8,11H,1-2H3. The summed E-state index contributed by atoms with van der Waals surface area (Å²) in [6, 6.07) is 9.13. The highest BCUT2D eigenvalue weighted by Crippen LogP contribution is 2.36. The van der Waals surface area contributed by atoms with Crippen molar-refractivity contribution in [3.05, 3.63) is 40.4 Å². The number of hydrogen-bond donors (Lipinski definition) is 0. The smallest absolute Gasteiger partial charge is 0.220 e. The van der Waals surface area contributed by atoms with Gasteiger partial charge in [0.25, 0.3) is 0 Å². The molecule has 21 heavy (non-hydrogen) atoms. The van der Waals surface area contributed by atoms with Crippen LogP contribution in [0.3, 0.4) is 0 Å². The molecule has 0 bridgehead atoms. The molecular weight excluding hydrogens is 356 g/mol. The van der Waals surface area contributed by atoms with Gasteiger partial charge in [-0.1, -0.05) is 45.9 Å². The van der Waals surface area contributed by atoms with Crippen LogP contribution in [0.2, 0.25) is 0 Å². The monoisotopic (exact) mass is 368 g/mol. The summed E-state index contributed by atoms with van der Waals surface area (Å²) in [5.41, 5.74) is 0.864. The zero-order chi connectivity index (χ0) is 15.2. The van der Waals surface area contributed by atoms with Crippen molar-refractivity contribution in [2.24, 2.45) is 0 Å². The Morgan fingerprint density at radius 2 is 1.81 bits per heavy atom. The summed E-state index contributed by atoms with van der Waals surface area (Å²) in [6.07, 6.45) is 0.861. The predicted octanol–water partition coefficient (Wildman–Crippen LogP) is 3.29. The van der Waals surface area contributed by atoms with Gasteiger partial charge in [-0.05, 0) is 11.6 Å². The van der Waals surface area contributed by atoms with Crippen LogP contribution < -0.4 is 9.47 Å². The summed E-state index contributed by atoms with van der Waals surface area (Å²) in [5.74, 6) is 0.780. The molecule has 0 spiro atoms. The average molecular weight is 369 g/mol. The van der Waals surface area contributed by atoms with Gasteiger partial charge in [-0.3, -0.25) is 0 Å². The van der Waals surface area contributed by atoms with E-state index in [0.29, 0.717) is 16.9 Å². The zero-order valence-corrected chi connectivity index (χ0v) is 13.8. The van der Waals surface area contributed by atoms with Crippen molar-refractivity contribution in [2.45, 2.75) is 10.4 Å². The van der Waals surface area contributed by atoms with E-state index in [1.54, 1.807) is 6.07 Å². The van der Waals surface area contributed by atoms with Gasteiger partial charge in [-0.15, -0.1) is 0 Å². The molecule has 0 saturated carbocycles. The normalized spacial score (nSPS) is 11.8. The fourth-order valence-corrected chi connectivity index (χ4v) is 3.21. The fourth-order valence-electron chi connectivity index (χ4n) is 1.63. The third kappa shape index (κ3) is 3.95. The van der Waals surface area contributed by atoms with E-state index >= 15 is 0 Å². The van der Waals surface area contributed by atoms with Crippen LogP contribution in [-0.2, 0) is 4.79 Å². The summed E-state index contributed by atoms with van der Waals surface area (Å²) in [5, 5.41) is -0.00330. The Labute approximate surface area is 135 Å². The van der Waals surface area contributed by atoms with E-state index in [0.717, 1.165) is 16.3 Å². The largest absolute Gasteiger partial charge is 0.481 e. The second-order valence-electron chi connectivity index (χ2n) is 3.93. The lowest BCUT2D eigenvalue weighted by Crippen LogP contribution is -2.01. The first-order valence-electron chi connectivity index (χ1n) is 6.01. The number of nitrogens with zero attached hydrogens (tertiary/aromatic N) is 2. The summed E-state index contributed by atoms with van der Waals surface area (Å²) < 4.78 is 11.1. The van der Waals surface area contributed by atoms with Crippen molar-refractivity contribution in [1.29, 1.82) is 0 Å². The molecular formula is C14H13BrN2O3S. The molecule has 1 unspecified atom stereocenters. The fraction of sp³-hybridized carbons (Fsp3) is 0.214. The number of aromatic nitrogens is 2. The van der Waals surface area contributed by atoms with Gasteiger partial charge in [0.15, 0.2) is 5.16 Å². The van der Waals surface area contributed by atoms with E-state index in [2.05, 4.69) is 25.9 Å². The molecule has 1 heterocycles. The van der Waals surface area contributed by atoms with Gasteiger partial charge in [0.1, 0.15) is 6.29 Å². The molecule has 0 N–H and O–H groups in total. The lowest BCUT2D eigenvalue weighted by Gasteiger charge is -2.12. The van der Waals surface area contributed by atoms with Crippen molar-refractivity contribution in [3.8, 4) is 11.8 Å². The molecule has 2 rings (SSSR count). The minimum absolute atomic E-state index is 0.390. The molecule has 7 heteroatoms. The van der Waals surface area contributed by atoms with Gasteiger partial charge in [0, 0.05) is 4.47 Å². The lowest BCUT2D eigenvalue weighted by molar-refractivity contribution is -0.107. The quantitative estimate of drug-likeness (QED) is 0.442. The lowest BCUT2D eigenvalue weighted by atomic mass is 10.2. The number of benzene rings is 1. The van der Waals surface area contributed by atoms with Crippen molar-refractivity contribution in [2.75, 3.05) is 14.2 Å². The van der Waals surface area contributed by atoms with Crippen molar-refractivity contribution >= 4 is 34.0 Å². The SMILES string of the molecule is COc1cc(OC)nc(SC(C=O)c2ccccc2Br)n1. The zero-order valence-electron chi connectivity index (χ0n) is 11.4. The topological polar surface area (TPSA) is 61.3 Å². The number of thioether (sulfide) groups is 1. The van der Waals surface area contributed by atoms with E-state index in [1.165, 1.54) is 26.0 Å². The molecule has 0 saturated heterocycles. The second-order valence-corrected chi connectivity index (χ2v) is 5.89. The number of hydrogen-bond acceptors (Lipinski definition) is 6. The Morgan fingerprint density at radius 3 is 2.33 bits per heavy atom. The molecule has 110 valence electrons. The van der Waals surface area contributed by atoms with Gasteiger partial charge in [0.2, 0.25) is 11.8 Å². The predicted molar refractivity (Wildman–Crippen MR) is 83.9 cm³/mol. The van der Waals surface area contributed by atoms with E-state index in [4.69, 9.17) is 9.47 Å². The van der Waals surface area contributed by atoms with E-state index in [1.807, 2.05) is 24.3 Å². The van der Waals surface area contributed by atoms with Crippen LogP contribution >= 0.6 is 27.7 Å². The molecule has 5 nitrogen and oxygen atoms in total. The number of ether oxygens (including phenoxy) is 2. The number of carbonyl (C=O) groups is 1. The van der Waals surface area contributed by atoms with Gasteiger partial charge < -0.3 is 14.3 Å². The third-order valence-electron chi connectivity index (χ3n) is 2.64. The summed E-state index contributed by atoms with van der Waals surface area (Å²) in [4.78, 5) is 19.8. The Hall–Kier alpha value is -1.60. The van der Waals surface area contributed by atoms with Crippen molar-refractivity contribution in [1.82, 2.24) is 9.97 Å². The molecule has 0 aliphatic carbocycles. The highest BCUT2D eigenvalue weighted by Gasteiger charge is 2.18. The summed E-state index contributed by atoms with van der Waals surface area (Å²) in [7, 11) is 3.03. The third-order valence-corrected chi connectivity index (χ3v) is 4.38. The van der Waals surface area contributed by atoms with Crippen LogP contribution in [-0.4, -0.2) is 30.5 Å². The molecule has 2 aromatic rings. The van der Waals surface area contributed by atoms with E-state index < -0.39 is 5.25 Å². The summed E-state index contributed by atoms with van der Waals surface area (Å²) in [6.45, 7) is 0. The van der Waals surface area contributed by atoms with E-state index in [-0.39, 0.29) is 0 Å². The van der Waals surface area contributed by atoms with Crippen molar-refractivity contribution in [3.63, 3.8) is 0 Å². The Balaban J connectivity index is 2.30.